The molecule has 0 aliphatic carbocycles. The molecule has 0 radical (unpaired) electrons. The average molecular weight is 290 g/mol. The molecule has 0 saturated carbocycles. The highest BCUT2D eigenvalue weighted by Gasteiger charge is 2.09. The second kappa shape index (κ2) is 6.35. The number of halogens is 2. The van der Waals surface area contributed by atoms with Crippen LogP contribution in [-0.2, 0) is 0 Å². The Balaban J connectivity index is 2.08. The first-order valence-corrected chi connectivity index (χ1v) is 6.43. The van der Waals surface area contributed by atoms with Crippen molar-refractivity contribution in [2.24, 2.45) is 0 Å². The number of ketones is 1. The van der Waals surface area contributed by atoms with Gasteiger partial charge in [0.2, 0.25) is 5.78 Å². The zero-order valence-electron chi connectivity index (χ0n) is 10.9. The molecule has 20 heavy (non-hydrogen) atoms. The molecule has 0 spiro atoms. The van der Waals surface area contributed by atoms with Gasteiger partial charge in [0.15, 0.2) is 0 Å². The number of benzene rings is 2. The highest BCUT2D eigenvalue weighted by atomic mass is 35.5. The van der Waals surface area contributed by atoms with Gasteiger partial charge in [0.05, 0.1) is 0 Å². The van der Waals surface area contributed by atoms with Gasteiger partial charge in [-0.25, -0.2) is 4.39 Å². The molecular formula is C16H13ClFNO. The fraction of sp³-hybridized carbons (Fsp3) is 0.0625. The second-order valence-electron chi connectivity index (χ2n) is 4.34. The van der Waals surface area contributed by atoms with E-state index in [0.29, 0.717) is 11.3 Å². The molecule has 0 aromatic heterocycles. The van der Waals surface area contributed by atoms with E-state index in [9.17, 15) is 9.18 Å². The van der Waals surface area contributed by atoms with Crippen molar-refractivity contribution in [3.8, 4) is 0 Å². The van der Waals surface area contributed by atoms with Gasteiger partial charge >= 0.3 is 0 Å². The van der Waals surface area contributed by atoms with Gasteiger partial charge in [-0.3, -0.25) is 4.79 Å². The molecule has 0 bridgehead atoms. The minimum absolute atomic E-state index is 0.0678. The van der Waals surface area contributed by atoms with Gasteiger partial charge in [0.25, 0.3) is 0 Å². The fourth-order valence-electron chi connectivity index (χ4n) is 1.60. The van der Waals surface area contributed by atoms with Crippen LogP contribution in [0.1, 0.15) is 15.9 Å². The zero-order valence-corrected chi connectivity index (χ0v) is 11.6. The normalized spacial score (nSPS) is 11.2. The van der Waals surface area contributed by atoms with Crippen LogP contribution in [0.5, 0.6) is 0 Å². The number of rotatable bonds is 4. The van der Waals surface area contributed by atoms with Crippen molar-refractivity contribution in [1.29, 1.82) is 0 Å². The quantitative estimate of drug-likeness (QED) is 0.663. The van der Waals surface area contributed by atoms with Crippen LogP contribution in [0.4, 0.5) is 10.1 Å². The molecular weight excluding hydrogens is 277 g/mol. The van der Waals surface area contributed by atoms with Crippen molar-refractivity contribution in [2.75, 3.05) is 5.32 Å². The van der Waals surface area contributed by atoms with E-state index in [0.717, 1.165) is 5.56 Å². The maximum Gasteiger partial charge on any atom is 0.205 e. The number of hydrogen-bond donors (Lipinski definition) is 1. The van der Waals surface area contributed by atoms with Crippen molar-refractivity contribution in [3.63, 3.8) is 0 Å². The second-order valence-corrected chi connectivity index (χ2v) is 4.75. The standard InChI is InChI=1S/C16H13ClFNO/c1-11-2-4-12(5-3-11)16(20)15(17)10-19-14-8-6-13(18)7-9-14/h2-10,19H,1H3/b15-10-. The van der Waals surface area contributed by atoms with E-state index < -0.39 is 0 Å². The number of hydrogen-bond acceptors (Lipinski definition) is 2. The molecule has 0 amide bonds. The minimum atomic E-state index is -0.318. The topological polar surface area (TPSA) is 29.1 Å². The number of carbonyl (C=O) groups excluding carboxylic acids is 1. The summed E-state index contributed by atoms with van der Waals surface area (Å²) in [7, 11) is 0. The first-order valence-electron chi connectivity index (χ1n) is 6.05. The molecule has 0 unspecified atom stereocenters. The molecule has 2 rings (SSSR count). The van der Waals surface area contributed by atoms with Crippen LogP contribution < -0.4 is 5.32 Å². The highest BCUT2D eigenvalue weighted by molar-refractivity contribution is 6.45. The molecule has 4 heteroatoms. The number of aryl methyl sites for hydroxylation is 1. The largest absolute Gasteiger partial charge is 0.360 e. The molecule has 2 nitrogen and oxygen atoms in total. The van der Waals surface area contributed by atoms with E-state index in [-0.39, 0.29) is 16.6 Å². The predicted octanol–water partition coefficient (Wildman–Crippen LogP) is 4.51. The van der Waals surface area contributed by atoms with Gasteiger partial charge in [-0.1, -0.05) is 41.4 Å². The molecule has 0 atom stereocenters. The lowest BCUT2D eigenvalue weighted by Gasteiger charge is -2.03. The number of anilines is 1. The molecule has 102 valence electrons. The lowest BCUT2D eigenvalue weighted by molar-refractivity contribution is 0.104. The van der Waals surface area contributed by atoms with Crippen LogP contribution in [0.3, 0.4) is 0 Å². The summed E-state index contributed by atoms with van der Waals surface area (Å²) in [5.74, 6) is -0.581. The molecule has 1 N–H and O–H groups in total. The summed E-state index contributed by atoms with van der Waals surface area (Å²) >= 11 is 5.96. The molecule has 2 aromatic rings. The van der Waals surface area contributed by atoms with Crippen LogP contribution >= 0.6 is 11.6 Å². The number of carbonyl (C=O) groups is 1. The molecule has 0 aliphatic heterocycles. The Morgan fingerprint density at radius 3 is 2.30 bits per heavy atom. The third-order valence-electron chi connectivity index (χ3n) is 2.74. The average Bonchev–Trinajstić information content (AvgIpc) is 2.46. The zero-order chi connectivity index (χ0) is 14.5. The van der Waals surface area contributed by atoms with E-state index in [2.05, 4.69) is 5.32 Å². The Labute approximate surface area is 121 Å². The lowest BCUT2D eigenvalue weighted by Crippen LogP contribution is -2.01. The lowest BCUT2D eigenvalue weighted by atomic mass is 10.1. The first-order chi connectivity index (χ1) is 9.56. The first kappa shape index (κ1) is 14.3. The summed E-state index contributed by atoms with van der Waals surface area (Å²) in [4.78, 5) is 12.0. The van der Waals surface area contributed by atoms with Crippen LogP contribution in [0.2, 0.25) is 0 Å². The Kier molecular flexibility index (Phi) is 4.53. The molecule has 0 aliphatic rings. The summed E-state index contributed by atoms with van der Waals surface area (Å²) in [6.07, 6.45) is 1.40. The van der Waals surface area contributed by atoms with E-state index >= 15 is 0 Å². The highest BCUT2D eigenvalue weighted by Crippen LogP contribution is 2.14. The van der Waals surface area contributed by atoms with Gasteiger partial charge in [0.1, 0.15) is 10.8 Å². The Morgan fingerprint density at radius 2 is 1.70 bits per heavy atom. The van der Waals surface area contributed by atoms with Gasteiger partial charge in [-0.05, 0) is 31.2 Å². The van der Waals surface area contributed by atoms with Crippen molar-refractivity contribution < 1.29 is 9.18 Å². The summed E-state index contributed by atoms with van der Waals surface area (Å²) in [6, 6.07) is 12.9. The third-order valence-corrected chi connectivity index (χ3v) is 3.02. The maximum atomic E-state index is 12.7. The maximum absolute atomic E-state index is 12.7. The Bertz CT molecular complexity index is 633. The summed E-state index contributed by atoms with van der Waals surface area (Å²) < 4.78 is 12.7. The van der Waals surface area contributed by atoms with Crippen molar-refractivity contribution in [3.05, 3.63) is 76.7 Å². The SMILES string of the molecule is Cc1ccc(C(=O)/C(Cl)=C/Nc2ccc(F)cc2)cc1. The number of nitrogens with one attached hydrogen (secondary N) is 1. The fourth-order valence-corrected chi connectivity index (χ4v) is 1.76. The molecule has 2 aromatic carbocycles. The van der Waals surface area contributed by atoms with Crippen LogP contribution in [0.25, 0.3) is 0 Å². The summed E-state index contributed by atoms with van der Waals surface area (Å²) in [5, 5.41) is 2.92. The summed E-state index contributed by atoms with van der Waals surface area (Å²) in [5.41, 5.74) is 2.25. The monoisotopic (exact) mass is 289 g/mol. The molecule has 0 heterocycles. The van der Waals surface area contributed by atoms with Gasteiger partial charge in [0, 0.05) is 17.5 Å². The Morgan fingerprint density at radius 1 is 1.10 bits per heavy atom. The van der Waals surface area contributed by atoms with Gasteiger partial charge in [-0.15, -0.1) is 0 Å². The van der Waals surface area contributed by atoms with Crippen molar-refractivity contribution in [2.45, 2.75) is 6.92 Å². The smallest absolute Gasteiger partial charge is 0.205 e. The predicted molar refractivity (Wildman–Crippen MR) is 79.5 cm³/mol. The van der Waals surface area contributed by atoms with E-state index in [4.69, 9.17) is 11.6 Å². The molecule has 0 saturated heterocycles. The number of Topliss-reactive ketones (excluding diaryl/α,β-unsaturated/α-hetero) is 1. The van der Waals surface area contributed by atoms with E-state index in [1.165, 1.54) is 18.3 Å². The van der Waals surface area contributed by atoms with E-state index in [1.807, 2.05) is 19.1 Å². The van der Waals surface area contributed by atoms with Crippen LogP contribution in [-0.4, -0.2) is 5.78 Å². The van der Waals surface area contributed by atoms with Crippen molar-refractivity contribution in [1.82, 2.24) is 0 Å². The van der Waals surface area contributed by atoms with Crippen molar-refractivity contribution >= 4 is 23.1 Å². The Hall–Kier alpha value is -2.13. The van der Waals surface area contributed by atoms with Gasteiger partial charge < -0.3 is 5.32 Å². The molecule has 0 fully saturated rings. The minimum Gasteiger partial charge on any atom is -0.360 e. The van der Waals surface area contributed by atoms with E-state index in [1.54, 1.807) is 24.3 Å². The number of allylic oxidation sites excluding steroid dienone is 1. The summed E-state index contributed by atoms with van der Waals surface area (Å²) in [6.45, 7) is 1.95. The third kappa shape index (κ3) is 3.68. The van der Waals surface area contributed by atoms with Crippen LogP contribution in [0, 0.1) is 12.7 Å². The van der Waals surface area contributed by atoms with Crippen LogP contribution in [0.15, 0.2) is 59.8 Å². The van der Waals surface area contributed by atoms with Gasteiger partial charge in [-0.2, -0.15) is 0 Å².